The maximum Gasteiger partial charge on any atom is 0.253 e. The van der Waals surface area contributed by atoms with E-state index in [2.05, 4.69) is 24.5 Å². The normalized spacial score (nSPS) is 10.5. The molecule has 174 valence electrons. The van der Waals surface area contributed by atoms with Gasteiger partial charge < -0.3 is 25.0 Å². The lowest BCUT2D eigenvalue weighted by atomic mass is 10.1. The Hall–Kier alpha value is -3.06. The van der Waals surface area contributed by atoms with Gasteiger partial charge in [-0.1, -0.05) is 26.0 Å². The Kier molecular flexibility index (Phi) is 11.1. The predicted molar refractivity (Wildman–Crippen MR) is 128 cm³/mol. The van der Waals surface area contributed by atoms with E-state index in [1.807, 2.05) is 42.2 Å². The summed E-state index contributed by atoms with van der Waals surface area (Å²) < 4.78 is 11.0. The van der Waals surface area contributed by atoms with Crippen molar-refractivity contribution in [1.29, 1.82) is 0 Å². The topological polar surface area (TPSA) is 79.9 Å². The number of hydrogen-bond acceptors (Lipinski definition) is 5. The summed E-state index contributed by atoms with van der Waals surface area (Å²) in [5.41, 5.74) is 2.04. The molecule has 0 fully saturated rings. The first-order valence-corrected chi connectivity index (χ1v) is 11.3. The Balaban J connectivity index is 1.88. The summed E-state index contributed by atoms with van der Waals surface area (Å²) in [5, 5.41) is 5.96. The van der Waals surface area contributed by atoms with Crippen molar-refractivity contribution in [2.45, 2.75) is 33.6 Å². The molecule has 0 saturated carbocycles. The fourth-order valence-electron chi connectivity index (χ4n) is 3.20. The number of hydrogen-bond donors (Lipinski definition) is 2. The van der Waals surface area contributed by atoms with Crippen LogP contribution >= 0.6 is 0 Å². The average molecular weight is 442 g/mol. The number of ether oxygens (including phenoxy) is 2. The molecule has 2 aromatic rings. The molecule has 0 radical (unpaired) electrons. The lowest BCUT2D eigenvalue weighted by Crippen LogP contribution is -2.32. The van der Waals surface area contributed by atoms with Crippen LogP contribution in [0.5, 0.6) is 5.75 Å². The van der Waals surface area contributed by atoms with Crippen LogP contribution in [-0.2, 0) is 9.53 Å². The van der Waals surface area contributed by atoms with Crippen LogP contribution in [0.4, 0.5) is 11.4 Å². The third-order valence-corrected chi connectivity index (χ3v) is 4.71. The Morgan fingerprint density at radius 1 is 0.906 bits per heavy atom. The summed E-state index contributed by atoms with van der Waals surface area (Å²) in [6.07, 6.45) is 1.86. The smallest absolute Gasteiger partial charge is 0.253 e. The van der Waals surface area contributed by atoms with Gasteiger partial charge in [0.2, 0.25) is 5.91 Å². The zero-order valence-corrected chi connectivity index (χ0v) is 19.4. The van der Waals surface area contributed by atoms with Crippen molar-refractivity contribution in [2.75, 3.05) is 50.1 Å². The number of nitrogens with one attached hydrogen (secondary N) is 2. The largest absolute Gasteiger partial charge is 0.489 e. The average Bonchev–Trinajstić information content (AvgIpc) is 2.81. The van der Waals surface area contributed by atoms with Crippen molar-refractivity contribution in [3.8, 4) is 5.75 Å². The SMILES string of the molecule is CCCN(CCC)C(=O)c1ccc(NCC(=O)Nc2ccccc2OCCOCC)cc1. The molecule has 7 heteroatoms. The van der Waals surface area contributed by atoms with E-state index in [9.17, 15) is 9.59 Å². The summed E-state index contributed by atoms with van der Waals surface area (Å²) in [5.74, 6) is 0.453. The monoisotopic (exact) mass is 441 g/mol. The van der Waals surface area contributed by atoms with Gasteiger partial charge in [0, 0.05) is 30.9 Å². The molecule has 0 unspecified atom stereocenters. The van der Waals surface area contributed by atoms with Gasteiger partial charge in [-0.3, -0.25) is 9.59 Å². The lowest BCUT2D eigenvalue weighted by Gasteiger charge is -2.21. The maximum absolute atomic E-state index is 12.7. The predicted octanol–water partition coefficient (Wildman–Crippen LogP) is 4.41. The Bertz CT molecular complexity index is 833. The van der Waals surface area contributed by atoms with Crippen molar-refractivity contribution in [1.82, 2.24) is 4.90 Å². The van der Waals surface area contributed by atoms with Crippen LogP contribution in [0, 0.1) is 0 Å². The number of carbonyl (C=O) groups excluding carboxylic acids is 2. The molecular weight excluding hydrogens is 406 g/mol. The van der Waals surface area contributed by atoms with E-state index < -0.39 is 0 Å². The fourth-order valence-corrected chi connectivity index (χ4v) is 3.20. The number of benzene rings is 2. The van der Waals surface area contributed by atoms with E-state index in [0.717, 1.165) is 31.6 Å². The van der Waals surface area contributed by atoms with Crippen molar-refractivity contribution >= 4 is 23.2 Å². The summed E-state index contributed by atoms with van der Waals surface area (Å²) in [6, 6.07) is 14.5. The third kappa shape index (κ3) is 8.23. The van der Waals surface area contributed by atoms with E-state index >= 15 is 0 Å². The highest BCUT2D eigenvalue weighted by Crippen LogP contribution is 2.23. The first-order chi connectivity index (χ1) is 15.6. The molecule has 0 aliphatic rings. The van der Waals surface area contributed by atoms with Crippen LogP contribution in [0.25, 0.3) is 0 Å². The lowest BCUT2D eigenvalue weighted by molar-refractivity contribution is -0.114. The molecule has 2 N–H and O–H groups in total. The second-order valence-corrected chi connectivity index (χ2v) is 7.31. The van der Waals surface area contributed by atoms with Gasteiger partial charge in [-0.15, -0.1) is 0 Å². The van der Waals surface area contributed by atoms with E-state index in [0.29, 0.717) is 36.8 Å². The number of rotatable bonds is 14. The highest BCUT2D eigenvalue weighted by atomic mass is 16.5. The third-order valence-electron chi connectivity index (χ3n) is 4.71. The molecule has 2 rings (SSSR count). The minimum absolute atomic E-state index is 0.0407. The van der Waals surface area contributed by atoms with E-state index in [1.54, 1.807) is 18.2 Å². The Morgan fingerprint density at radius 3 is 2.25 bits per heavy atom. The highest BCUT2D eigenvalue weighted by Gasteiger charge is 2.14. The molecule has 2 aromatic carbocycles. The second-order valence-electron chi connectivity index (χ2n) is 7.31. The minimum atomic E-state index is -0.192. The molecule has 0 aromatic heterocycles. The molecular formula is C25H35N3O4. The number of nitrogens with zero attached hydrogens (tertiary/aromatic N) is 1. The van der Waals surface area contributed by atoms with E-state index in [-0.39, 0.29) is 18.4 Å². The van der Waals surface area contributed by atoms with Crippen molar-refractivity contribution in [2.24, 2.45) is 0 Å². The van der Waals surface area contributed by atoms with Gasteiger partial charge in [0.25, 0.3) is 5.91 Å². The first kappa shape index (κ1) is 25.2. The van der Waals surface area contributed by atoms with Crippen molar-refractivity contribution in [3.05, 3.63) is 54.1 Å². The number of para-hydroxylation sites is 2. The zero-order valence-electron chi connectivity index (χ0n) is 19.4. The van der Waals surface area contributed by atoms with Crippen molar-refractivity contribution < 1.29 is 19.1 Å². The van der Waals surface area contributed by atoms with E-state index in [1.165, 1.54) is 0 Å². The van der Waals surface area contributed by atoms with Gasteiger partial charge in [-0.2, -0.15) is 0 Å². The Labute approximate surface area is 191 Å². The van der Waals surface area contributed by atoms with Crippen LogP contribution in [0.3, 0.4) is 0 Å². The summed E-state index contributed by atoms with van der Waals surface area (Å²) in [6.45, 7) is 9.22. The summed E-state index contributed by atoms with van der Waals surface area (Å²) in [7, 11) is 0. The highest BCUT2D eigenvalue weighted by molar-refractivity contribution is 5.96. The van der Waals surface area contributed by atoms with Gasteiger partial charge in [0.05, 0.1) is 18.8 Å². The molecule has 0 aliphatic carbocycles. The minimum Gasteiger partial charge on any atom is -0.489 e. The van der Waals surface area contributed by atoms with Crippen LogP contribution in [0.15, 0.2) is 48.5 Å². The fraction of sp³-hybridized carbons (Fsp3) is 0.440. The molecule has 0 bridgehead atoms. The second kappa shape index (κ2) is 14.1. The molecule has 0 saturated heterocycles. The molecule has 0 atom stereocenters. The molecule has 7 nitrogen and oxygen atoms in total. The Morgan fingerprint density at radius 2 is 1.59 bits per heavy atom. The van der Waals surface area contributed by atoms with Gasteiger partial charge in [-0.05, 0) is 56.2 Å². The number of carbonyl (C=O) groups is 2. The van der Waals surface area contributed by atoms with Gasteiger partial charge >= 0.3 is 0 Å². The van der Waals surface area contributed by atoms with Crippen LogP contribution in [0.2, 0.25) is 0 Å². The summed E-state index contributed by atoms with van der Waals surface area (Å²) in [4.78, 5) is 27.0. The van der Waals surface area contributed by atoms with Gasteiger partial charge in [0.1, 0.15) is 12.4 Å². The maximum atomic E-state index is 12.7. The van der Waals surface area contributed by atoms with E-state index in [4.69, 9.17) is 9.47 Å². The molecule has 32 heavy (non-hydrogen) atoms. The number of amides is 2. The molecule has 0 heterocycles. The van der Waals surface area contributed by atoms with Crippen molar-refractivity contribution in [3.63, 3.8) is 0 Å². The molecule has 2 amide bonds. The van der Waals surface area contributed by atoms with Crippen LogP contribution in [-0.4, -0.2) is 56.2 Å². The zero-order chi connectivity index (χ0) is 23.2. The standard InChI is InChI=1S/C25H35N3O4/c1-4-15-28(16-5-2)25(30)20-11-13-21(14-12-20)26-19-24(29)27-22-9-7-8-10-23(22)32-18-17-31-6-3/h7-14,26H,4-6,15-19H2,1-3H3,(H,27,29). The van der Waals surface area contributed by atoms with Crippen LogP contribution in [0.1, 0.15) is 44.0 Å². The van der Waals surface area contributed by atoms with Gasteiger partial charge in [0.15, 0.2) is 0 Å². The number of anilines is 2. The first-order valence-electron chi connectivity index (χ1n) is 11.3. The summed E-state index contributed by atoms with van der Waals surface area (Å²) >= 11 is 0. The molecule has 0 aliphatic heterocycles. The van der Waals surface area contributed by atoms with Gasteiger partial charge in [-0.25, -0.2) is 0 Å². The van der Waals surface area contributed by atoms with Crippen LogP contribution < -0.4 is 15.4 Å². The molecule has 0 spiro atoms. The quantitative estimate of drug-likeness (QED) is 0.425.